The van der Waals surface area contributed by atoms with Crippen LogP contribution in [0.25, 0.3) is 11.4 Å². The molecule has 1 aromatic carbocycles. The average molecular weight is 368 g/mol. The highest BCUT2D eigenvalue weighted by Gasteiger charge is 2.36. The second kappa shape index (κ2) is 7.09. The third-order valence-electron chi connectivity index (χ3n) is 4.19. The molecule has 3 aromatic rings. The molecule has 26 heavy (non-hydrogen) atoms. The van der Waals surface area contributed by atoms with E-state index in [0.29, 0.717) is 29.7 Å². The number of nitrogens with zero attached hydrogens (tertiary/aromatic N) is 3. The Kier molecular flexibility index (Phi) is 4.49. The van der Waals surface area contributed by atoms with E-state index >= 15 is 0 Å². The Hall–Kier alpha value is -3.00. The van der Waals surface area contributed by atoms with Crippen LogP contribution in [0.1, 0.15) is 15.6 Å². The van der Waals surface area contributed by atoms with Crippen LogP contribution in [0.5, 0.6) is 0 Å². The van der Waals surface area contributed by atoms with Gasteiger partial charge < -0.3 is 14.7 Å². The van der Waals surface area contributed by atoms with Crippen molar-refractivity contribution in [2.24, 2.45) is 5.92 Å². The molecule has 0 atom stereocenters. The zero-order valence-corrected chi connectivity index (χ0v) is 14.6. The summed E-state index contributed by atoms with van der Waals surface area (Å²) < 4.78 is 5.17. The van der Waals surface area contributed by atoms with E-state index in [1.807, 2.05) is 41.8 Å². The fourth-order valence-electron chi connectivity index (χ4n) is 2.70. The monoisotopic (exact) mass is 368 g/mol. The molecule has 1 aliphatic rings. The molecule has 132 valence electrons. The summed E-state index contributed by atoms with van der Waals surface area (Å²) in [5.74, 6) is 0.512. The summed E-state index contributed by atoms with van der Waals surface area (Å²) >= 11 is 1.41. The molecule has 0 radical (unpaired) electrons. The minimum absolute atomic E-state index is 0.0199. The Morgan fingerprint density at radius 3 is 2.73 bits per heavy atom. The van der Waals surface area contributed by atoms with Gasteiger partial charge in [-0.05, 0) is 11.4 Å². The first-order valence-electron chi connectivity index (χ1n) is 8.19. The zero-order chi connectivity index (χ0) is 17.9. The van der Waals surface area contributed by atoms with Crippen molar-refractivity contribution in [1.82, 2.24) is 20.4 Å². The largest absolute Gasteiger partial charge is 0.347 e. The molecule has 0 unspecified atom stereocenters. The molecular weight excluding hydrogens is 352 g/mol. The standard InChI is InChI=1S/C18H16N4O3S/c23-17(13-10-22(11-13)18(24)14-7-4-8-26-14)19-9-15-20-16(21-25-15)12-5-2-1-3-6-12/h1-8,13H,9-11H2,(H,19,23). The van der Waals surface area contributed by atoms with Gasteiger partial charge in [0.1, 0.15) is 0 Å². The van der Waals surface area contributed by atoms with Gasteiger partial charge in [-0.1, -0.05) is 41.6 Å². The topological polar surface area (TPSA) is 88.3 Å². The van der Waals surface area contributed by atoms with Crippen molar-refractivity contribution in [3.8, 4) is 11.4 Å². The van der Waals surface area contributed by atoms with E-state index in [9.17, 15) is 9.59 Å². The molecule has 2 aromatic heterocycles. The number of carbonyl (C=O) groups excluding carboxylic acids is 2. The van der Waals surface area contributed by atoms with Crippen LogP contribution >= 0.6 is 11.3 Å². The maximum atomic E-state index is 12.2. The Bertz CT molecular complexity index is 902. The number of nitrogens with one attached hydrogen (secondary N) is 1. The Morgan fingerprint density at radius 2 is 2.00 bits per heavy atom. The van der Waals surface area contributed by atoms with Crippen LogP contribution in [-0.2, 0) is 11.3 Å². The van der Waals surface area contributed by atoms with Crippen LogP contribution in [0.4, 0.5) is 0 Å². The third-order valence-corrected chi connectivity index (χ3v) is 5.04. The van der Waals surface area contributed by atoms with Crippen molar-refractivity contribution < 1.29 is 14.1 Å². The number of likely N-dealkylation sites (tertiary alicyclic amines) is 1. The van der Waals surface area contributed by atoms with Gasteiger partial charge in [0, 0.05) is 18.7 Å². The Balaban J connectivity index is 1.26. The first-order valence-corrected chi connectivity index (χ1v) is 9.07. The normalized spacial score (nSPS) is 14.1. The van der Waals surface area contributed by atoms with Gasteiger partial charge in [-0.25, -0.2) is 0 Å². The van der Waals surface area contributed by atoms with Gasteiger partial charge in [0.25, 0.3) is 5.91 Å². The molecule has 7 nitrogen and oxygen atoms in total. The third kappa shape index (κ3) is 3.36. The predicted octanol–water partition coefficient (Wildman–Crippen LogP) is 2.19. The summed E-state index contributed by atoms with van der Waals surface area (Å²) in [5, 5.41) is 8.57. The molecule has 1 saturated heterocycles. The fraction of sp³-hybridized carbons (Fsp3) is 0.222. The second-order valence-electron chi connectivity index (χ2n) is 5.98. The van der Waals surface area contributed by atoms with E-state index in [1.165, 1.54) is 11.3 Å². The summed E-state index contributed by atoms with van der Waals surface area (Å²) in [4.78, 5) is 31.0. The predicted molar refractivity (Wildman–Crippen MR) is 95.3 cm³/mol. The lowest BCUT2D eigenvalue weighted by Crippen LogP contribution is -2.55. The van der Waals surface area contributed by atoms with E-state index in [-0.39, 0.29) is 24.3 Å². The summed E-state index contributed by atoms with van der Waals surface area (Å²) in [6.45, 7) is 1.04. The summed E-state index contributed by atoms with van der Waals surface area (Å²) in [7, 11) is 0. The molecule has 1 aliphatic heterocycles. The van der Waals surface area contributed by atoms with Gasteiger partial charge in [-0.15, -0.1) is 11.3 Å². The molecule has 0 spiro atoms. The zero-order valence-electron chi connectivity index (χ0n) is 13.8. The smallest absolute Gasteiger partial charge is 0.263 e. The van der Waals surface area contributed by atoms with Crippen LogP contribution in [-0.4, -0.2) is 39.9 Å². The molecule has 8 heteroatoms. The van der Waals surface area contributed by atoms with Gasteiger partial charge in [-0.3, -0.25) is 9.59 Å². The van der Waals surface area contributed by atoms with Gasteiger partial charge in [0.15, 0.2) is 0 Å². The Labute approximate surface area is 153 Å². The molecular formula is C18H16N4O3S. The van der Waals surface area contributed by atoms with E-state index in [0.717, 1.165) is 5.56 Å². The molecule has 1 fully saturated rings. The highest BCUT2D eigenvalue weighted by atomic mass is 32.1. The number of amides is 2. The minimum atomic E-state index is -0.199. The van der Waals surface area contributed by atoms with Crippen molar-refractivity contribution >= 4 is 23.2 Å². The van der Waals surface area contributed by atoms with E-state index in [4.69, 9.17) is 4.52 Å². The Morgan fingerprint density at radius 1 is 1.19 bits per heavy atom. The lowest BCUT2D eigenvalue weighted by Gasteiger charge is -2.37. The SMILES string of the molecule is O=C(NCc1nc(-c2ccccc2)no1)C1CN(C(=O)c2cccs2)C1. The number of aromatic nitrogens is 2. The van der Waals surface area contributed by atoms with Crippen LogP contribution in [0.15, 0.2) is 52.4 Å². The summed E-state index contributed by atoms with van der Waals surface area (Å²) in [5.41, 5.74) is 0.857. The lowest BCUT2D eigenvalue weighted by atomic mass is 9.99. The molecule has 2 amide bonds. The second-order valence-corrected chi connectivity index (χ2v) is 6.93. The van der Waals surface area contributed by atoms with E-state index in [2.05, 4.69) is 15.5 Å². The van der Waals surface area contributed by atoms with Gasteiger partial charge in [0.2, 0.25) is 17.6 Å². The highest BCUT2D eigenvalue weighted by molar-refractivity contribution is 7.12. The molecule has 0 aliphatic carbocycles. The number of thiophene rings is 1. The number of carbonyl (C=O) groups is 2. The van der Waals surface area contributed by atoms with Crippen molar-refractivity contribution in [3.63, 3.8) is 0 Å². The maximum absolute atomic E-state index is 12.2. The highest BCUT2D eigenvalue weighted by Crippen LogP contribution is 2.21. The van der Waals surface area contributed by atoms with Crippen LogP contribution in [0, 0.1) is 5.92 Å². The first-order chi connectivity index (χ1) is 12.7. The van der Waals surface area contributed by atoms with E-state index in [1.54, 1.807) is 11.0 Å². The quantitative estimate of drug-likeness (QED) is 0.746. The van der Waals surface area contributed by atoms with Gasteiger partial charge >= 0.3 is 0 Å². The van der Waals surface area contributed by atoms with Crippen molar-refractivity contribution in [2.45, 2.75) is 6.54 Å². The first kappa shape index (κ1) is 16.5. The van der Waals surface area contributed by atoms with Crippen LogP contribution in [0.2, 0.25) is 0 Å². The number of benzene rings is 1. The summed E-state index contributed by atoms with van der Waals surface area (Å²) in [6.07, 6.45) is 0. The molecule has 1 N–H and O–H groups in total. The van der Waals surface area contributed by atoms with Crippen molar-refractivity contribution in [2.75, 3.05) is 13.1 Å². The fourth-order valence-corrected chi connectivity index (χ4v) is 3.40. The summed E-state index contributed by atoms with van der Waals surface area (Å²) in [6, 6.07) is 13.1. The molecule has 0 saturated carbocycles. The minimum Gasteiger partial charge on any atom is -0.347 e. The molecule has 4 rings (SSSR count). The van der Waals surface area contributed by atoms with Gasteiger partial charge in [-0.2, -0.15) is 4.98 Å². The number of hydrogen-bond donors (Lipinski definition) is 1. The van der Waals surface area contributed by atoms with Gasteiger partial charge in [0.05, 0.1) is 17.3 Å². The van der Waals surface area contributed by atoms with Crippen LogP contribution in [0.3, 0.4) is 0 Å². The van der Waals surface area contributed by atoms with Crippen molar-refractivity contribution in [1.29, 1.82) is 0 Å². The average Bonchev–Trinajstić information content (AvgIpc) is 3.31. The molecule has 0 bridgehead atoms. The van der Waals surface area contributed by atoms with Crippen molar-refractivity contribution in [3.05, 3.63) is 58.6 Å². The number of hydrogen-bond acceptors (Lipinski definition) is 6. The lowest BCUT2D eigenvalue weighted by molar-refractivity contribution is -0.129. The maximum Gasteiger partial charge on any atom is 0.263 e. The van der Waals surface area contributed by atoms with Crippen LogP contribution < -0.4 is 5.32 Å². The molecule has 3 heterocycles. The number of rotatable bonds is 5. The van der Waals surface area contributed by atoms with E-state index < -0.39 is 0 Å².